The Morgan fingerprint density at radius 1 is 1.57 bits per heavy atom. The van der Waals surface area contributed by atoms with Gasteiger partial charge in [-0.3, -0.25) is 0 Å². The standard InChI is InChI=1S/C11H11BrFN/c1-2-3-4-11(14)9-6-5-8(13)7-10(9)12/h1,5-7,11H,3-4,14H2. The summed E-state index contributed by atoms with van der Waals surface area (Å²) >= 11 is 3.27. The van der Waals surface area contributed by atoms with Gasteiger partial charge in [-0.15, -0.1) is 12.3 Å². The molecule has 0 aliphatic rings. The lowest BCUT2D eigenvalue weighted by atomic mass is 10.0. The van der Waals surface area contributed by atoms with Crippen LogP contribution in [0.15, 0.2) is 22.7 Å². The van der Waals surface area contributed by atoms with Gasteiger partial charge in [-0.25, -0.2) is 4.39 Å². The van der Waals surface area contributed by atoms with E-state index in [1.54, 1.807) is 6.07 Å². The lowest BCUT2D eigenvalue weighted by molar-refractivity contribution is 0.619. The Labute approximate surface area is 91.6 Å². The van der Waals surface area contributed by atoms with Gasteiger partial charge in [0.15, 0.2) is 0 Å². The average Bonchev–Trinajstić information content (AvgIpc) is 2.14. The minimum Gasteiger partial charge on any atom is -0.324 e. The third-order valence-electron chi connectivity index (χ3n) is 1.96. The molecule has 0 aromatic heterocycles. The monoisotopic (exact) mass is 255 g/mol. The Morgan fingerprint density at radius 2 is 2.29 bits per heavy atom. The highest BCUT2D eigenvalue weighted by molar-refractivity contribution is 9.10. The predicted octanol–water partition coefficient (Wildman–Crippen LogP) is 3.00. The highest BCUT2D eigenvalue weighted by atomic mass is 79.9. The molecule has 1 nitrogen and oxygen atoms in total. The SMILES string of the molecule is C#CCCC(N)c1ccc(F)cc1Br. The first-order chi connectivity index (χ1) is 6.65. The molecule has 0 saturated carbocycles. The van der Waals surface area contributed by atoms with E-state index in [9.17, 15) is 4.39 Å². The van der Waals surface area contributed by atoms with Crippen LogP contribution >= 0.6 is 15.9 Å². The molecule has 0 aliphatic heterocycles. The fourth-order valence-corrected chi connectivity index (χ4v) is 1.84. The lowest BCUT2D eigenvalue weighted by Crippen LogP contribution is -2.10. The fourth-order valence-electron chi connectivity index (χ4n) is 1.20. The van der Waals surface area contributed by atoms with Crippen LogP contribution in [-0.4, -0.2) is 0 Å². The number of benzene rings is 1. The van der Waals surface area contributed by atoms with Crippen molar-refractivity contribution in [2.45, 2.75) is 18.9 Å². The third kappa shape index (κ3) is 2.83. The molecule has 1 unspecified atom stereocenters. The maximum Gasteiger partial charge on any atom is 0.124 e. The normalized spacial score (nSPS) is 12.1. The van der Waals surface area contributed by atoms with Crippen molar-refractivity contribution in [3.8, 4) is 12.3 Å². The molecule has 3 heteroatoms. The van der Waals surface area contributed by atoms with Crippen molar-refractivity contribution in [1.82, 2.24) is 0 Å². The summed E-state index contributed by atoms with van der Waals surface area (Å²) in [4.78, 5) is 0. The lowest BCUT2D eigenvalue weighted by Gasteiger charge is -2.12. The number of halogens is 2. The molecule has 0 fully saturated rings. The predicted molar refractivity (Wildman–Crippen MR) is 59.1 cm³/mol. The van der Waals surface area contributed by atoms with Crippen LogP contribution < -0.4 is 5.73 Å². The van der Waals surface area contributed by atoms with Crippen molar-refractivity contribution >= 4 is 15.9 Å². The highest BCUT2D eigenvalue weighted by Crippen LogP contribution is 2.25. The molecule has 1 atom stereocenters. The van der Waals surface area contributed by atoms with Crippen LogP contribution in [0.1, 0.15) is 24.4 Å². The largest absolute Gasteiger partial charge is 0.324 e. The Morgan fingerprint density at radius 3 is 2.86 bits per heavy atom. The van der Waals surface area contributed by atoms with E-state index in [2.05, 4.69) is 21.9 Å². The Hall–Kier alpha value is -0.850. The molecule has 0 heterocycles. The molecule has 0 saturated heterocycles. The molecule has 2 N–H and O–H groups in total. The van der Waals surface area contributed by atoms with Crippen molar-refractivity contribution in [3.05, 3.63) is 34.1 Å². The zero-order valence-corrected chi connectivity index (χ0v) is 9.22. The second-order valence-electron chi connectivity index (χ2n) is 3.02. The molecule has 1 aromatic rings. The Kier molecular flexibility index (Phi) is 4.12. The van der Waals surface area contributed by atoms with Crippen molar-refractivity contribution in [3.63, 3.8) is 0 Å². The van der Waals surface area contributed by atoms with Gasteiger partial charge in [0.1, 0.15) is 5.82 Å². The average molecular weight is 256 g/mol. The molecular formula is C11H11BrFN. The molecule has 1 rings (SSSR count). The molecule has 0 amide bonds. The van der Waals surface area contributed by atoms with Gasteiger partial charge in [-0.05, 0) is 24.1 Å². The summed E-state index contributed by atoms with van der Waals surface area (Å²) in [5.74, 6) is 2.26. The Bertz CT molecular complexity index is 357. The van der Waals surface area contributed by atoms with Crippen molar-refractivity contribution in [2.75, 3.05) is 0 Å². The number of hydrogen-bond acceptors (Lipinski definition) is 1. The topological polar surface area (TPSA) is 26.0 Å². The van der Waals surface area contributed by atoms with Crippen LogP contribution in [0.25, 0.3) is 0 Å². The molecule has 1 aromatic carbocycles. The van der Waals surface area contributed by atoms with Crippen molar-refractivity contribution < 1.29 is 4.39 Å². The van der Waals surface area contributed by atoms with E-state index < -0.39 is 0 Å². The summed E-state index contributed by atoms with van der Waals surface area (Å²) < 4.78 is 13.5. The third-order valence-corrected chi connectivity index (χ3v) is 2.65. The summed E-state index contributed by atoms with van der Waals surface area (Å²) in [7, 11) is 0. The maximum atomic E-state index is 12.8. The quantitative estimate of drug-likeness (QED) is 0.826. The summed E-state index contributed by atoms with van der Waals surface area (Å²) in [6.07, 6.45) is 6.48. The van der Waals surface area contributed by atoms with Gasteiger partial charge in [0.05, 0.1) is 0 Å². The minimum atomic E-state index is -0.273. The second-order valence-corrected chi connectivity index (χ2v) is 3.87. The summed E-state index contributed by atoms with van der Waals surface area (Å²) in [6, 6.07) is 4.35. The maximum absolute atomic E-state index is 12.8. The summed E-state index contributed by atoms with van der Waals surface area (Å²) in [5, 5.41) is 0. The van der Waals surface area contributed by atoms with Gasteiger partial charge in [-0.1, -0.05) is 22.0 Å². The van der Waals surface area contributed by atoms with Crippen LogP contribution in [0.2, 0.25) is 0 Å². The zero-order valence-electron chi connectivity index (χ0n) is 7.63. The molecular weight excluding hydrogens is 245 g/mol. The second kappa shape index (κ2) is 5.14. The van der Waals surface area contributed by atoms with Crippen LogP contribution in [0.5, 0.6) is 0 Å². The number of rotatable bonds is 3. The zero-order chi connectivity index (χ0) is 10.6. The van der Waals surface area contributed by atoms with E-state index in [1.165, 1.54) is 12.1 Å². The van der Waals surface area contributed by atoms with Crippen molar-refractivity contribution in [2.24, 2.45) is 5.73 Å². The summed E-state index contributed by atoms with van der Waals surface area (Å²) in [5.41, 5.74) is 6.77. The first-order valence-corrected chi connectivity index (χ1v) is 5.08. The van der Waals surface area contributed by atoms with Gasteiger partial charge in [-0.2, -0.15) is 0 Å². The highest BCUT2D eigenvalue weighted by Gasteiger charge is 2.09. The molecule has 14 heavy (non-hydrogen) atoms. The van der Waals surface area contributed by atoms with Gasteiger partial charge < -0.3 is 5.73 Å². The molecule has 0 bridgehead atoms. The number of nitrogens with two attached hydrogens (primary N) is 1. The van der Waals surface area contributed by atoms with E-state index in [4.69, 9.17) is 12.2 Å². The van der Waals surface area contributed by atoms with Crippen LogP contribution in [0, 0.1) is 18.2 Å². The van der Waals surface area contributed by atoms with E-state index in [0.29, 0.717) is 17.3 Å². The van der Waals surface area contributed by atoms with E-state index in [1.807, 2.05) is 0 Å². The fraction of sp³-hybridized carbons (Fsp3) is 0.273. The van der Waals surface area contributed by atoms with E-state index in [-0.39, 0.29) is 11.9 Å². The van der Waals surface area contributed by atoms with Crippen LogP contribution in [-0.2, 0) is 0 Å². The van der Waals surface area contributed by atoms with E-state index >= 15 is 0 Å². The van der Waals surface area contributed by atoms with Gasteiger partial charge >= 0.3 is 0 Å². The smallest absolute Gasteiger partial charge is 0.124 e. The number of terminal acetylenes is 1. The molecule has 74 valence electrons. The first-order valence-electron chi connectivity index (χ1n) is 4.29. The van der Waals surface area contributed by atoms with Gasteiger partial charge in [0.25, 0.3) is 0 Å². The van der Waals surface area contributed by atoms with Gasteiger partial charge in [0.2, 0.25) is 0 Å². The minimum absolute atomic E-state index is 0.138. The molecule has 0 radical (unpaired) electrons. The van der Waals surface area contributed by atoms with Gasteiger partial charge in [0, 0.05) is 16.9 Å². The van der Waals surface area contributed by atoms with Crippen molar-refractivity contribution in [1.29, 1.82) is 0 Å². The molecule has 0 aliphatic carbocycles. The molecule has 0 spiro atoms. The van der Waals surface area contributed by atoms with Crippen LogP contribution in [0.3, 0.4) is 0 Å². The number of hydrogen-bond donors (Lipinski definition) is 1. The van der Waals surface area contributed by atoms with Crippen LogP contribution in [0.4, 0.5) is 4.39 Å². The Balaban J connectivity index is 2.80. The first kappa shape index (κ1) is 11.2. The van der Waals surface area contributed by atoms with E-state index in [0.717, 1.165) is 5.56 Å². The summed E-state index contributed by atoms with van der Waals surface area (Å²) in [6.45, 7) is 0.